The number of carbonyl (C=O) groups is 2. The number of urea groups is 1. The quantitative estimate of drug-likeness (QED) is 0.445. The molecule has 38 heavy (non-hydrogen) atoms. The van der Waals surface area contributed by atoms with Crippen molar-refractivity contribution in [1.29, 1.82) is 0 Å². The van der Waals surface area contributed by atoms with Gasteiger partial charge in [0, 0.05) is 13.1 Å². The van der Waals surface area contributed by atoms with Crippen LogP contribution in [0.2, 0.25) is 0 Å². The number of imidazole rings is 1. The summed E-state index contributed by atoms with van der Waals surface area (Å²) in [6.07, 6.45) is 1.43. The van der Waals surface area contributed by atoms with E-state index in [-0.39, 0.29) is 30.0 Å². The van der Waals surface area contributed by atoms with E-state index in [0.29, 0.717) is 24.7 Å². The highest BCUT2D eigenvalue weighted by Gasteiger charge is 2.49. The van der Waals surface area contributed by atoms with Crippen LogP contribution in [0.1, 0.15) is 56.5 Å². The second kappa shape index (κ2) is 10.0. The van der Waals surface area contributed by atoms with E-state index in [0.717, 1.165) is 38.7 Å². The minimum absolute atomic E-state index is 0.0290. The van der Waals surface area contributed by atoms with Crippen LogP contribution in [0.5, 0.6) is 0 Å². The lowest BCUT2D eigenvalue weighted by Crippen LogP contribution is -2.48. The highest BCUT2D eigenvalue weighted by molar-refractivity contribution is 6.39. The van der Waals surface area contributed by atoms with Crippen molar-refractivity contribution in [2.45, 2.75) is 57.0 Å². The molecule has 4 heterocycles. The molecule has 0 spiro atoms. The number of hydroxylamine groups is 1. The summed E-state index contributed by atoms with van der Waals surface area (Å²) in [5.41, 5.74) is 1.50. The summed E-state index contributed by atoms with van der Waals surface area (Å²) in [5, 5.41) is 13.5. The van der Waals surface area contributed by atoms with Gasteiger partial charge < -0.3 is 20.3 Å². The number of aromatic nitrogens is 3. The summed E-state index contributed by atoms with van der Waals surface area (Å²) in [7, 11) is 0. The Bertz CT molecular complexity index is 1240. The molecule has 206 valence electrons. The molecule has 5 rings (SSSR count). The molecule has 0 aromatic carbocycles. The van der Waals surface area contributed by atoms with Crippen molar-refractivity contribution in [3.8, 4) is 0 Å². The van der Waals surface area contributed by atoms with E-state index in [1.807, 2.05) is 11.0 Å². The highest BCUT2D eigenvalue weighted by Crippen LogP contribution is 2.45. The van der Waals surface area contributed by atoms with E-state index < -0.39 is 30.3 Å². The number of hydrogen-bond acceptors (Lipinski definition) is 8. The van der Waals surface area contributed by atoms with Crippen LogP contribution in [0.15, 0.2) is 23.6 Å². The van der Waals surface area contributed by atoms with Crippen molar-refractivity contribution in [1.82, 2.24) is 35.6 Å². The molecule has 0 bridgehead atoms. The first kappa shape index (κ1) is 26.2. The van der Waals surface area contributed by atoms with Crippen LogP contribution >= 0.6 is 0 Å². The molecule has 2 aliphatic heterocycles. The van der Waals surface area contributed by atoms with Crippen LogP contribution in [-0.4, -0.2) is 75.2 Å². The molecule has 2 aromatic rings. The Balaban J connectivity index is 1.42. The standard InChI is InChI=1S/C23H29F3N8O4/c1-22(2,23(24,25)26)37-12-17(31-20(35)15-10-29-38-32-15)16-11-34-18(30-16)8-14(9-28-34)19(13-4-5-13)33-7-3-6-27-21(33)36/h8-9,11,13,17,19,29H,3-7,10,12H2,1-2H3,(H,27,36)(H,31,35). The number of amides is 3. The van der Waals surface area contributed by atoms with Crippen LogP contribution in [0.3, 0.4) is 0 Å². The zero-order valence-corrected chi connectivity index (χ0v) is 20.9. The van der Waals surface area contributed by atoms with Gasteiger partial charge in [-0.1, -0.05) is 5.16 Å². The molecular weight excluding hydrogens is 509 g/mol. The Hall–Kier alpha value is -3.46. The number of oxime groups is 1. The van der Waals surface area contributed by atoms with Crippen LogP contribution in [-0.2, 0) is 14.5 Å². The van der Waals surface area contributed by atoms with Gasteiger partial charge in [-0.3, -0.25) is 9.73 Å². The fourth-order valence-electron chi connectivity index (χ4n) is 4.43. The third-order valence-electron chi connectivity index (χ3n) is 6.90. The maximum Gasteiger partial charge on any atom is 0.416 e. The molecule has 3 N–H and O–H groups in total. The van der Waals surface area contributed by atoms with Crippen molar-refractivity contribution in [2.75, 3.05) is 26.2 Å². The predicted molar refractivity (Wildman–Crippen MR) is 127 cm³/mol. The predicted octanol–water partition coefficient (Wildman–Crippen LogP) is 2.00. The van der Waals surface area contributed by atoms with E-state index in [2.05, 4.69) is 36.3 Å². The van der Waals surface area contributed by atoms with Gasteiger partial charge in [-0.2, -0.15) is 18.3 Å². The second-order valence-corrected chi connectivity index (χ2v) is 10.1. The summed E-state index contributed by atoms with van der Waals surface area (Å²) in [5.74, 6) is -0.311. The first-order chi connectivity index (χ1) is 18.0. The van der Waals surface area contributed by atoms with Gasteiger partial charge in [0.05, 0.1) is 43.3 Å². The maximum atomic E-state index is 13.4. The molecular formula is C23H29F3N8O4. The molecule has 3 aliphatic rings. The lowest BCUT2D eigenvalue weighted by atomic mass is 10.0. The van der Waals surface area contributed by atoms with Crippen molar-refractivity contribution in [3.05, 3.63) is 29.7 Å². The molecule has 1 saturated heterocycles. The number of ether oxygens (including phenoxy) is 1. The molecule has 2 aromatic heterocycles. The van der Waals surface area contributed by atoms with E-state index >= 15 is 0 Å². The number of hydrogen-bond donors (Lipinski definition) is 3. The van der Waals surface area contributed by atoms with Gasteiger partial charge in [-0.15, -0.1) is 5.48 Å². The number of nitrogens with one attached hydrogen (secondary N) is 3. The third kappa shape index (κ3) is 5.38. The number of nitrogens with zero attached hydrogens (tertiary/aromatic N) is 5. The average Bonchev–Trinajstić information content (AvgIpc) is 3.36. The Morgan fingerprint density at radius 3 is 2.79 bits per heavy atom. The Morgan fingerprint density at radius 2 is 2.13 bits per heavy atom. The summed E-state index contributed by atoms with van der Waals surface area (Å²) >= 11 is 0. The van der Waals surface area contributed by atoms with Crippen LogP contribution < -0.4 is 16.1 Å². The molecule has 1 aliphatic carbocycles. The van der Waals surface area contributed by atoms with Crippen LogP contribution in [0.4, 0.5) is 18.0 Å². The van der Waals surface area contributed by atoms with Crippen LogP contribution in [0, 0.1) is 5.92 Å². The SMILES string of the molecule is CC(C)(OCC(NC(=O)C1=NONC1)c1cn2ncc(C(C3CC3)N3CCCNC3=O)cc2n1)C(F)(F)F. The van der Waals surface area contributed by atoms with Crippen molar-refractivity contribution >= 4 is 23.3 Å². The summed E-state index contributed by atoms with van der Waals surface area (Å²) in [4.78, 5) is 36.2. The molecule has 2 fully saturated rings. The third-order valence-corrected chi connectivity index (χ3v) is 6.90. The zero-order valence-electron chi connectivity index (χ0n) is 20.9. The average molecular weight is 539 g/mol. The minimum Gasteiger partial charge on any atom is -0.364 e. The lowest BCUT2D eigenvalue weighted by molar-refractivity contribution is -0.265. The Labute approximate surface area is 215 Å². The summed E-state index contributed by atoms with van der Waals surface area (Å²) in [6, 6.07) is 0.522. The number of rotatable bonds is 9. The number of fused-ring (bicyclic) bond motifs is 1. The highest BCUT2D eigenvalue weighted by atomic mass is 19.4. The monoisotopic (exact) mass is 538 g/mol. The van der Waals surface area contributed by atoms with Gasteiger partial charge in [0.15, 0.2) is 17.0 Å². The minimum atomic E-state index is -4.62. The molecule has 2 unspecified atom stereocenters. The van der Waals surface area contributed by atoms with E-state index in [1.54, 1.807) is 6.20 Å². The van der Waals surface area contributed by atoms with Gasteiger partial charge >= 0.3 is 12.2 Å². The number of halogens is 3. The maximum absolute atomic E-state index is 13.4. The molecule has 15 heteroatoms. The molecule has 2 atom stereocenters. The van der Waals surface area contributed by atoms with E-state index in [9.17, 15) is 22.8 Å². The Kier molecular flexibility index (Phi) is 6.90. The lowest BCUT2D eigenvalue weighted by Gasteiger charge is -2.35. The zero-order chi connectivity index (χ0) is 27.1. The van der Waals surface area contributed by atoms with Crippen molar-refractivity contribution < 1.29 is 32.4 Å². The topological polar surface area (TPSA) is 134 Å². The summed E-state index contributed by atoms with van der Waals surface area (Å²) < 4.78 is 46.9. The van der Waals surface area contributed by atoms with Gasteiger partial charge in [0.25, 0.3) is 5.91 Å². The van der Waals surface area contributed by atoms with Gasteiger partial charge in [-0.05, 0) is 50.7 Å². The van der Waals surface area contributed by atoms with Gasteiger partial charge in [-0.25, -0.2) is 14.3 Å². The normalized spacial score (nSPS) is 20.1. The smallest absolute Gasteiger partial charge is 0.364 e. The van der Waals surface area contributed by atoms with Crippen molar-refractivity contribution in [2.24, 2.45) is 11.1 Å². The fourth-order valence-corrected chi connectivity index (χ4v) is 4.43. The van der Waals surface area contributed by atoms with E-state index in [1.165, 1.54) is 10.7 Å². The van der Waals surface area contributed by atoms with Crippen LogP contribution in [0.25, 0.3) is 5.65 Å². The number of alkyl halides is 3. The molecule has 1 saturated carbocycles. The molecule has 0 radical (unpaired) electrons. The molecule has 12 nitrogen and oxygen atoms in total. The van der Waals surface area contributed by atoms with Crippen molar-refractivity contribution in [3.63, 3.8) is 0 Å². The number of carbonyl (C=O) groups excluding carboxylic acids is 2. The first-order valence-electron chi connectivity index (χ1n) is 12.4. The fraction of sp³-hybridized carbons (Fsp3) is 0.609. The van der Waals surface area contributed by atoms with Gasteiger partial charge in [0.1, 0.15) is 0 Å². The van der Waals surface area contributed by atoms with E-state index in [4.69, 9.17) is 4.74 Å². The van der Waals surface area contributed by atoms with Gasteiger partial charge in [0.2, 0.25) is 0 Å². The summed E-state index contributed by atoms with van der Waals surface area (Å²) in [6.45, 7) is 2.64. The second-order valence-electron chi connectivity index (χ2n) is 10.1. The largest absolute Gasteiger partial charge is 0.416 e. The Morgan fingerprint density at radius 1 is 1.34 bits per heavy atom. The first-order valence-corrected chi connectivity index (χ1v) is 12.4. The molecule has 3 amide bonds.